The van der Waals surface area contributed by atoms with Gasteiger partial charge in [-0.2, -0.15) is 5.11 Å². The fourth-order valence-electron chi connectivity index (χ4n) is 0.234. The van der Waals surface area contributed by atoms with Crippen molar-refractivity contribution in [3.63, 3.8) is 0 Å². The maximum atomic E-state index is 4.65. The Balaban J connectivity index is 0.000000490. The quantitative estimate of drug-likeness (QED) is 0.353. The molecule has 1 aliphatic rings. The van der Waals surface area contributed by atoms with Crippen LogP contribution in [-0.2, 0) is 0 Å². The van der Waals surface area contributed by atoms with E-state index in [0.29, 0.717) is 4.32 Å². The minimum absolute atomic E-state index is 0. The molecule has 0 aromatic heterocycles. The van der Waals surface area contributed by atoms with E-state index in [1.54, 1.807) is 0 Å². The minimum Gasteiger partial charge on any atom is -0.161 e. The molecule has 0 bridgehead atoms. The second kappa shape index (κ2) is 4.78. The summed E-state index contributed by atoms with van der Waals surface area (Å²) in [6.45, 7) is 0. The average Bonchev–Trinajstić information content (AvgIpc) is 1.87. The second-order valence-corrected chi connectivity index (χ2v) is 3.48. The van der Waals surface area contributed by atoms with Gasteiger partial charge in [-0.05, 0) is 12.2 Å². The van der Waals surface area contributed by atoms with Crippen molar-refractivity contribution in [1.29, 1.82) is 0 Å². The Morgan fingerprint density at radius 3 is 2.50 bits per heavy atom. The first-order valence-corrected chi connectivity index (χ1v) is 3.39. The summed E-state index contributed by atoms with van der Waals surface area (Å²) >= 11 is 10.00. The van der Waals surface area contributed by atoms with E-state index in [1.165, 1.54) is 11.8 Å². The molecule has 1 unspecified atom stereocenters. The molecule has 0 fully saturated rings. The zero-order valence-electron chi connectivity index (χ0n) is 4.24. The maximum Gasteiger partial charge on any atom is 0.184 e. The largest absolute Gasteiger partial charge is 0.184 e. The smallest absolute Gasteiger partial charge is 0.161 e. The molecule has 0 aromatic carbocycles. The van der Waals surface area contributed by atoms with E-state index in [2.05, 4.69) is 35.1 Å². The number of hydrogen-bond donors (Lipinski definition) is 1. The van der Waals surface area contributed by atoms with Crippen LogP contribution in [0.25, 0.3) is 0 Å². The van der Waals surface area contributed by atoms with Gasteiger partial charge in [-0.15, -0.1) is 17.7 Å². The molecule has 1 aliphatic heterocycles. The Kier molecular flexibility index (Phi) is 5.99. The molecule has 0 saturated carbocycles. The van der Waals surface area contributed by atoms with Gasteiger partial charge in [0.15, 0.2) is 9.03 Å². The van der Waals surface area contributed by atoms with Gasteiger partial charge in [0.25, 0.3) is 0 Å². The molecular weight excluding hydrogens is 187 g/mol. The van der Waals surface area contributed by atoms with Gasteiger partial charge >= 0.3 is 0 Å². The Bertz CT molecular complexity index is 124. The van der Waals surface area contributed by atoms with E-state index >= 15 is 0 Å². The SMILES string of the molecule is S=C1N=NC(S)S1.[K]. The van der Waals surface area contributed by atoms with Gasteiger partial charge in [0, 0.05) is 51.4 Å². The molecule has 6 heteroatoms. The molecule has 0 saturated heterocycles. The molecule has 0 spiro atoms. The van der Waals surface area contributed by atoms with Gasteiger partial charge < -0.3 is 0 Å². The Labute approximate surface area is 105 Å². The fourth-order valence-corrected chi connectivity index (χ4v) is 1.49. The van der Waals surface area contributed by atoms with Crippen LogP contribution in [0.15, 0.2) is 10.2 Å². The number of thiol groups is 1. The third-order valence-electron chi connectivity index (χ3n) is 0.444. The number of rotatable bonds is 0. The predicted molar refractivity (Wildman–Crippen MR) is 43.6 cm³/mol. The maximum absolute atomic E-state index is 4.65. The Hall–Kier alpha value is 2.03. The van der Waals surface area contributed by atoms with Gasteiger partial charge in [-0.25, -0.2) is 0 Å². The van der Waals surface area contributed by atoms with Crippen molar-refractivity contribution >= 4 is 92.3 Å². The Morgan fingerprint density at radius 1 is 1.75 bits per heavy atom. The van der Waals surface area contributed by atoms with Crippen LogP contribution >= 0.6 is 36.6 Å². The van der Waals surface area contributed by atoms with Crippen LogP contribution in [0.1, 0.15) is 0 Å². The summed E-state index contributed by atoms with van der Waals surface area (Å²) in [5, 5.41) is 7.19. The van der Waals surface area contributed by atoms with Crippen LogP contribution in [0.3, 0.4) is 0 Å². The van der Waals surface area contributed by atoms with Gasteiger partial charge in [-0.3, -0.25) is 0 Å². The molecule has 2 nitrogen and oxygen atoms in total. The van der Waals surface area contributed by atoms with Gasteiger partial charge in [-0.1, -0.05) is 11.8 Å². The van der Waals surface area contributed by atoms with Crippen molar-refractivity contribution in [3.05, 3.63) is 0 Å². The number of nitrogens with zero attached hydrogens (tertiary/aromatic N) is 2. The van der Waals surface area contributed by atoms with E-state index in [0.717, 1.165) is 0 Å². The summed E-state index contributed by atoms with van der Waals surface area (Å²) in [6, 6.07) is 0. The third-order valence-corrected chi connectivity index (χ3v) is 1.82. The molecular formula is C2H2KN2S3. The molecule has 0 aromatic rings. The molecule has 1 rings (SSSR count). The van der Waals surface area contributed by atoms with E-state index in [4.69, 9.17) is 0 Å². The summed E-state index contributed by atoms with van der Waals surface area (Å²) in [5.41, 5.74) is 0. The second-order valence-electron chi connectivity index (χ2n) is 0.926. The van der Waals surface area contributed by atoms with Crippen molar-refractivity contribution < 1.29 is 0 Å². The van der Waals surface area contributed by atoms with Gasteiger partial charge in [0.2, 0.25) is 0 Å². The first-order valence-electron chi connectivity index (χ1n) is 1.58. The average molecular weight is 189 g/mol. The van der Waals surface area contributed by atoms with Crippen LogP contribution in [0, 0.1) is 0 Å². The third kappa shape index (κ3) is 3.26. The number of thiocarbonyl (C=S) groups is 1. The van der Waals surface area contributed by atoms with Crippen LogP contribution in [0.5, 0.6) is 0 Å². The van der Waals surface area contributed by atoms with E-state index in [9.17, 15) is 0 Å². The molecule has 1 atom stereocenters. The first-order chi connectivity index (χ1) is 3.29. The van der Waals surface area contributed by atoms with Crippen LogP contribution in [-0.4, -0.2) is 60.4 Å². The van der Waals surface area contributed by atoms with Gasteiger partial charge in [0.1, 0.15) is 0 Å². The van der Waals surface area contributed by atoms with E-state index in [1.807, 2.05) is 0 Å². The summed E-state index contributed by atoms with van der Waals surface area (Å²) in [6.07, 6.45) is 0. The monoisotopic (exact) mass is 189 g/mol. The molecule has 8 heavy (non-hydrogen) atoms. The summed E-state index contributed by atoms with van der Waals surface area (Å²) in [5.74, 6) is 0. The molecule has 0 N–H and O–H groups in total. The zero-order valence-corrected chi connectivity index (χ0v) is 9.89. The number of azo groups is 1. The molecule has 1 radical (unpaired) electrons. The van der Waals surface area contributed by atoms with E-state index < -0.39 is 0 Å². The number of thioether (sulfide) groups is 1. The van der Waals surface area contributed by atoms with Crippen LogP contribution in [0.4, 0.5) is 0 Å². The fraction of sp³-hybridized carbons (Fsp3) is 0.500. The minimum atomic E-state index is -0.0486. The van der Waals surface area contributed by atoms with Crippen molar-refractivity contribution in [3.8, 4) is 0 Å². The molecule has 39 valence electrons. The summed E-state index contributed by atoms with van der Waals surface area (Å²) < 4.78 is 0.535. The van der Waals surface area contributed by atoms with Gasteiger partial charge in [0.05, 0.1) is 0 Å². The zero-order chi connectivity index (χ0) is 5.28. The molecule has 0 amide bonds. The molecule has 0 aliphatic carbocycles. The predicted octanol–water partition coefficient (Wildman–Crippen LogP) is 1.30. The Morgan fingerprint density at radius 2 is 2.38 bits per heavy atom. The van der Waals surface area contributed by atoms with Crippen LogP contribution in [0.2, 0.25) is 0 Å². The van der Waals surface area contributed by atoms with Crippen molar-refractivity contribution in [2.24, 2.45) is 10.2 Å². The summed E-state index contributed by atoms with van der Waals surface area (Å²) in [7, 11) is 0. The van der Waals surface area contributed by atoms with Crippen molar-refractivity contribution in [2.45, 2.75) is 4.71 Å². The topological polar surface area (TPSA) is 24.7 Å². The normalized spacial score (nSPS) is 25.6. The molecule has 1 heterocycles. The van der Waals surface area contributed by atoms with Crippen LogP contribution < -0.4 is 0 Å². The van der Waals surface area contributed by atoms with E-state index in [-0.39, 0.29) is 56.1 Å². The standard InChI is InChI=1S/C2H2N2S3.K/c5-1-3-4-2(6)7-1;/h1,5H;. The first kappa shape index (κ1) is 10.0. The number of hydrogen-bond acceptors (Lipinski definition) is 4. The summed E-state index contributed by atoms with van der Waals surface area (Å²) in [4.78, 5) is 0. The van der Waals surface area contributed by atoms with Crippen molar-refractivity contribution in [2.75, 3.05) is 0 Å². The van der Waals surface area contributed by atoms with Crippen molar-refractivity contribution in [1.82, 2.24) is 0 Å².